The minimum Gasteiger partial charge on any atom is -0.506 e. The van der Waals surface area contributed by atoms with Crippen LogP contribution in [-0.4, -0.2) is 22.5 Å². The van der Waals surface area contributed by atoms with Crippen LogP contribution < -0.4 is 10.3 Å². The van der Waals surface area contributed by atoms with E-state index in [0.29, 0.717) is 12.2 Å². The fourth-order valence-electron chi connectivity index (χ4n) is 2.56. The molecule has 0 aliphatic carbocycles. The molecule has 2 N–H and O–H groups in total. The fourth-order valence-corrected chi connectivity index (χ4v) is 2.56. The number of carbonyl (C=O) groups excluding carboxylic acids is 1. The van der Waals surface area contributed by atoms with Gasteiger partial charge in [-0.1, -0.05) is 12.1 Å². The van der Waals surface area contributed by atoms with Gasteiger partial charge in [-0.2, -0.15) is 0 Å². The van der Waals surface area contributed by atoms with Crippen LogP contribution in [0, 0.1) is 0 Å². The summed E-state index contributed by atoms with van der Waals surface area (Å²) in [5.41, 5.74) is 1.21. The van der Waals surface area contributed by atoms with E-state index >= 15 is 0 Å². The minimum absolute atomic E-state index is 0.0721. The summed E-state index contributed by atoms with van der Waals surface area (Å²) in [6.45, 7) is 0.498. The van der Waals surface area contributed by atoms with Crippen molar-refractivity contribution in [2.75, 3.05) is 11.4 Å². The fraction of sp³-hybridized carbons (Fsp3) is 0.200. The van der Waals surface area contributed by atoms with Crippen LogP contribution in [0.2, 0.25) is 0 Å². The number of nitrogens with zero attached hydrogens (tertiary/aromatic N) is 1. The molecule has 1 aromatic carbocycles. The molecule has 1 aliphatic heterocycles. The first-order valence-corrected chi connectivity index (χ1v) is 6.48. The van der Waals surface area contributed by atoms with Crippen molar-refractivity contribution < 1.29 is 9.90 Å². The van der Waals surface area contributed by atoms with Crippen molar-refractivity contribution in [2.45, 2.75) is 12.8 Å². The first kappa shape index (κ1) is 12.5. The summed E-state index contributed by atoms with van der Waals surface area (Å²) in [5, 5.41) is 10.0. The molecule has 0 saturated carbocycles. The Labute approximate surface area is 115 Å². The van der Waals surface area contributed by atoms with E-state index < -0.39 is 0 Å². The van der Waals surface area contributed by atoms with E-state index in [4.69, 9.17) is 0 Å². The quantitative estimate of drug-likeness (QED) is 0.828. The van der Waals surface area contributed by atoms with E-state index in [-0.39, 0.29) is 22.6 Å². The highest BCUT2D eigenvalue weighted by Gasteiger charge is 2.27. The second kappa shape index (κ2) is 4.85. The zero-order valence-electron chi connectivity index (χ0n) is 10.8. The number of aromatic nitrogens is 1. The third-order valence-electron chi connectivity index (χ3n) is 3.50. The van der Waals surface area contributed by atoms with Crippen LogP contribution in [0.3, 0.4) is 0 Å². The van der Waals surface area contributed by atoms with E-state index in [1.807, 2.05) is 6.07 Å². The number of aromatic amines is 1. The lowest BCUT2D eigenvalue weighted by Gasteiger charge is -2.29. The van der Waals surface area contributed by atoms with Gasteiger partial charge in [-0.15, -0.1) is 0 Å². The Morgan fingerprint density at radius 2 is 2.15 bits per heavy atom. The maximum atomic E-state index is 12.5. The molecule has 0 spiro atoms. The normalized spacial score (nSPS) is 13.9. The number of H-pyrrole nitrogens is 1. The highest BCUT2D eigenvalue weighted by molar-refractivity contribution is 6.07. The van der Waals surface area contributed by atoms with Crippen molar-refractivity contribution in [1.82, 2.24) is 4.98 Å². The molecule has 0 unspecified atom stereocenters. The van der Waals surface area contributed by atoms with Gasteiger partial charge >= 0.3 is 0 Å². The van der Waals surface area contributed by atoms with Crippen molar-refractivity contribution in [3.63, 3.8) is 0 Å². The number of fused-ring (bicyclic) bond motifs is 1. The number of benzene rings is 1. The molecule has 0 atom stereocenters. The number of phenolic OH excluding ortho intramolecular Hbond substituents is 1. The molecule has 1 amide bonds. The topological polar surface area (TPSA) is 73.4 Å². The van der Waals surface area contributed by atoms with Crippen molar-refractivity contribution in [2.24, 2.45) is 0 Å². The molecule has 102 valence electrons. The number of amides is 1. The second-order valence-corrected chi connectivity index (χ2v) is 4.77. The summed E-state index contributed by atoms with van der Waals surface area (Å²) >= 11 is 0. The maximum Gasteiger partial charge on any atom is 0.263 e. The van der Waals surface area contributed by atoms with Crippen molar-refractivity contribution in [3.05, 3.63) is 58.0 Å². The average Bonchev–Trinajstić information content (AvgIpc) is 2.47. The number of anilines is 1. The molecular formula is C15H14N2O3. The van der Waals surface area contributed by atoms with Gasteiger partial charge in [0.2, 0.25) is 0 Å². The number of pyridine rings is 1. The van der Waals surface area contributed by atoms with Crippen LogP contribution in [0.25, 0.3) is 0 Å². The minimum atomic E-state index is -0.380. The van der Waals surface area contributed by atoms with Gasteiger partial charge in [-0.05, 0) is 24.5 Å². The third kappa shape index (κ3) is 1.97. The Morgan fingerprint density at radius 1 is 1.30 bits per heavy atom. The molecule has 1 aromatic heterocycles. The van der Waals surface area contributed by atoms with Gasteiger partial charge in [-0.3, -0.25) is 9.59 Å². The van der Waals surface area contributed by atoms with Gasteiger partial charge in [0.1, 0.15) is 11.3 Å². The van der Waals surface area contributed by atoms with Crippen LogP contribution in [-0.2, 0) is 6.42 Å². The first-order valence-electron chi connectivity index (χ1n) is 6.48. The summed E-state index contributed by atoms with van der Waals surface area (Å²) in [6.07, 6.45) is 4.52. The van der Waals surface area contributed by atoms with Crippen molar-refractivity contribution in [1.29, 1.82) is 0 Å². The number of para-hydroxylation sites is 1. The standard InChI is InChI=1S/C15H14N2O3/c18-12-6-7-16-9-11(12)15(20)17-8-2-4-10-3-1-5-13(19)14(10)17/h1,3,5-7,9,19H,2,4,8H2,(H,16,18). The maximum absolute atomic E-state index is 12.5. The van der Waals surface area contributed by atoms with Crippen molar-refractivity contribution >= 4 is 11.6 Å². The lowest BCUT2D eigenvalue weighted by molar-refractivity contribution is 0.0983. The van der Waals surface area contributed by atoms with Gasteiger partial charge in [0.15, 0.2) is 5.43 Å². The lowest BCUT2D eigenvalue weighted by atomic mass is 10.00. The molecule has 5 nitrogen and oxygen atoms in total. The van der Waals surface area contributed by atoms with E-state index in [1.165, 1.54) is 23.4 Å². The van der Waals surface area contributed by atoms with Gasteiger partial charge in [0.25, 0.3) is 5.91 Å². The van der Waals surface area contributed by atoms with E-state index in [1.54, 1.807) is 12.1 Å². The molecule has 0 saturated heterocycles. The summed E-state index contributed by atoms with van der Waals surface area (Å²) in [6, 6.07) is 6.53. The number of aryl methyl sites for hydroxylation is 1. The molecule has 0 bridgehead atoms. The number of hydrogen-bond acceptors (Lipinski definition) is 3. The largest absolute Gasteiger partial charge is 0.506 e. The third-order valence-corrected chi connectivity index (χ3v) is 3.50. The molecule has 2 heterocycles. The smallest absolute Gasteiger partial charge is 0.263 e. The predicted octanol–water partition coefficient (Wildman–Crippen LogP) is 1.67. The average molecular weight is 270 g/mol. The van der Waals surface area contributed by atoms with E-state index in [0.717, 1.165) is 18.4 Å². The first-order chi connectivity index (χ1) is 9.68. The van der Waals surface area contributed by atoms with Gasteiger partial charge in [0, 0.05) is 25.0 Å². The van der Waals surface area contributed by atoms with E-state index in [9.17, 15) is 14.7 Å². The lowest BCUT2D eigenvalue weighted by Crippen LogP contribution is -2.37. The molecule has 20 heavy (non-hydrogen) atoms. The number of rotatable bonds is 1. The molecule has 3 rings (SSSR count). The zero-order chi connectivity index (χ0) is 14.1. The number of nitrogens with one attached hydrogen (secondary N) is 1. The summed E-state index contributed by atoms with van der Waals surface area (Å²) < 4.78 is 0. The van der Waals surface area contributed by atoms with Crippen LogP contribution in [0.1, 0.15) is 22.3 Å². The van der Waals surface area contributed by atoms with Crippen LogP contribution in [0.4, 0.5) is 5.69 Å². The predicted molar refractivity (Wildman–Crippen MR) is 75.2 cm³/mol. The molecule has 0 fully saturated rings. The number of aromatic hydroxyl groups is 1. The second-order valence-electron chi connectivity index (χ2n) is 4.77. The molecule has 0 radical (unpaired) electrons. The highest BCUT2D eigenvalue weighted by atomic mass is 16.3. The SMILES string of the molecule is O=C(c1c[nH]ccc1=O)N1CCCc2cccc(O)c21. The summed E-state index contributed by atoms with van der Waals surface area (Å²) in [7, 11) is 0. The summed E-state index contributed by atoms with van der Waals surface area (Å²) in [4.78, 5) is 28.5. The van der Waals surface area contributed by atoms with Crippen LogP contribution in [0.5, 0.6) is 5.75 Å². The Hall–Kier alpha value is -2.56. The van der Waals surface area contributed by atoms with E-state index in [2.05, 4.69) is 4.98 Å². The monoisotopic (exact) mass is 270 g/mol. The number of carbonyl (C=O) groups is 1. The van der Waals surface area contributed by atoms with Gasteiger partial charge < -0.3 is 15.0 Å². The van der Waals surface area contributed by atoms with Crippen molar-refractivity contribution in [3.8, 4) is 5.75 Å². The van der Waals surface area contributed by atoms with Gasteiger partial charge in [0.05, 0.1) is 5.69 Å². The Bertz CT molecular complexity index is 721. The van der Waals surface area contributed by atoms with Crippen LogP contribution >= 0.6 is 0 Å². The molecule has 1 aliphatic rings. The summed E-state index contributed by atoms with van der Waals surface area (Å²) in [5.74, 6) is -0.308. The van der Waals surface area contributed by atoms with Gasteiger partial charge in [-0.25, -0.2) is 0 Å². The van der Waals surface area contributed by atoms with Crippen LogP contribution in [0.15, 0.2) is 41.5 Å². The Morgan fingerprint density at radius 3 is 2.95 bits per heavy atom. The molecule has 5 heteroatoms. The molecule has 2 aromatic rings. The zero-order valence-corrected chi connectivity index (χ0v) is 10.8. The molecular weight excluding hydrogens is 256 g/mol. The number of phenols is 1. The Kier molecular flexibility index (Phi) is 3.02. The highest BCUT2D eigenvalue weighted by Crippen LogP contribution is 2.35. The number of hydrogen-bond donors (Lipinski definition) is 2. The Balaban J connectivity index is 2.08.